The van der Waals surface area contributed by atoms with Crippen LogP contribution in [0.1, 0.15) is 33.1 Å². The smallest absolute Gasteiger partial charge is 0.0698 e. The van der Waals surface area contributed by atoms with Crippen molar-refractivity contribution in [2.75, 3.05) is 20.2 Å². The molecule has 0 aromatic rings. The van der Waals surface area contributed by atoms with Crippen molar-refractivity contribution in [3.05, 3.63) is 0 Å². The summed E-state index contributed by atoms with van der Waals surface area (Å²) >= 11 is 0. The van der Waals surface area contributed by atoms with E-state index in [1.54, 1.807) is 7.11 Å². The maximum Gasteiger partial charge on any atom is 0.0698 e. The van der Waals surface area contributed by atoms with Crippen LogP contribution in [0.3, 0.4) is 0 Å². The van der Waals surface area contributed by atoms with Crippen LogP contribution in [-0.4, -0.2) is 48.5 Å². The van der Waals surface area contributed by atoms with Gasteiger partial charge in [0.2, 0.25) is 0 Å². The number of hydrogen-bond acceptors (Lipinski definition) is 3. The van der Waals surface area contributed by atoms with Crippen LogP contribution in [0.2, 0.25) is 0 Å². The van der Waals surface area contributed by atoms with Crippen LogP contribution in [0.15, 0.2) is 0 Å². The minimum absolute atomic E-state index is 0.129. The van der Waals surface area contributed by atoms with Crippen molar-refractivity contribution in [1.82, 2.24) is 4.90 Å². The van der Waals surface area contributed by atoms with Gasteiger partial charge in [-0.3, -0.25) is 4.90 Å². The predicted octanol–water partition coefficient (Wildman–Crippen LogP) is 1.50. The molecule has 1 heterocycles. The van der Waals surface area contributed by atoms with Crippen molar-refractivity contribution in [2.24, 2.45) is 11.8 Å². The average molecular weight is 227 g/mol. The van der Waals surface area contributed by atoms with Gasteiger partial charge in [-0.25, -0.2) is 0 Å². The molecule has 1 aliphatic heterocycles. The Balaban J connectivity index is 1.79. The second-order valence-corrected chi connectivity index (χ2v) is 5.74. The van der Waals surface area contributed by atoms with Crippen LogP contribution in [0, 0.1) is 11.8 Å². The zero-order chi connectivity index (χ0) is 11.7. The van der Waals surface area contributed by atoms with E-state index in [0.29, 0.717) is 24.0 Å². The first kappa shape index (κ1) is 12.3. The summed E-state index contributed by atoms with van der Waals surface area (Å²) in [5.74, 6) is 1.10. The number of aliphatic hydroxyl groups excluding tert-OH is 1. The van der Waals surface area contributed by atoms with Gasteiger partial charge in [0.15, 0.2) is 0 Å². The zero-order valence-corrected chi connectivity index (χ0v) is 10.7. The van der Waals surface area contributed by atoms with Crippen LogP contribution in [0.25, 0.3) is 0 Å². The molecule has 0 amide bonds. The molecule has 1 N–H and O–H groups in total. The van der Waals surface area contributed by atoms with Gasteiger partial charge in [0.1, 0.15) is 0 Å². The molecular formula is C13H25NO2. The molecule has 94 valence electrons. The Labute approximate surface area is 98.8 Å². The van der Waals surface area contributed by atoms with Gasteiger partial charge in [0.05, 0.1) is 12.2 Å². The lowest BCUT2D eigenvalue weighted by Gasteiger charge is -2.47. The van der Waals surface area contributed by atoms with Crippen LogP contribution >= 0.6 is 0 Å². The molecule has 3 nitrogen and oxygen atoms in total. The maximum absolute atomic E-state index is 10.1. The topological polar surface area (TPSA) is 32.7 Å². The van der Waals surface area contributed by atoms with Crippen molar-refractivity contribution in [2.45, 2.75) is 51.4 Å². The molecule has 0 aromatic heterocycles. The van der Waals surface area contributed by atoms with E-state index in [9.17, 15) is 5.11 Å². The van der Waals surface area contributed by atoms with E-state index >= 15 is 0 Å². The lowest BCUT2D eigenvalue weighted by atomic mass is 9.81. The third-order valence-electron chi connectivity index (χ3n) is 4.44. The van der Waals surface area contributed by atoms with E-state index in [4.69, 9.17) is 4.74 Å². The molecule has 0 unspecified atom stereocenters. The molecule has 0 bridgehead atoms. The Morgan fingerprint density at radius 2 is 2.00 bits per heavy atom. The molecule has 0 aromatic carbocycles. The van der Waals surface area contributed by atoms with Gasteiger partial charge in [-0.2, -0.15) is 0 Å². The fourth-order valence-corrected chi connectivity index (χ4v) is 3.11. The zero-order valence-electron chi connectivity index (χ0n) is 10.7. The highest BCUT2D eigenvalue weighted by Crippen LogP contribution is 2.33. The fraction of sp³-hybridized carbons (Fsp3) is 1.00. The highest BCUT2D eigenvalue weighted by molar-refractivity contribution is 4.92. The van der Waals surface area contributed by atoms with E-state index in [2.05, 4.69) is 18.7 Å². The van der Waals surface area contributed by atoms with Crippen LogP contribution in [-0.2, 0) is 4.74 Å². The molecule has 1 saturated heterocycles. The lowest BCUT2D eigenvalue weighted by molar-refractivity contribution is -0.0699. The maximum atomic E-state index is 10.1. The number of β-amino-alcohol motifs (C(OH)–C–C–N with tert-alkyl or cyclic N) is 1. The molecule has 2 fully saturated rings. The molecule has 0 spiro atoms. The Bertz CT molecular complexity index is 226. The molecule has 1 aliphatic carbocycles. The first-order valence-corrected chi connectivity index (χ1v) is 6.56. The molecule has 2 atom stereocenters. The van der Waals surface area contributed by atoms with E-state index in [0.717, 1.165) is 32.4 Å². The summed E-state index contributed by atoms with van der Waals surface area (Å²) in [5.41, 5.74) is 0. The summed E-state index contributed by atoms with van der Waals surface area (Å²) in [7, 11) is 1.79. The summed E-state index contributed by atoms with van der Waals surface area (Å²) in [4.78, 5) is 2.46. The van der Waals surface area contributed by atoms with E-state index in [1.807, 2.05) is 0 Å². The number of piperidine rings is 1. The third-order valence-corrected chi connectivity index (χ3v) is 4.44. The average Bonchev–Trinajstić information content (AvgIpc) is 2.15. The van der Waals surface area contributed by atoms with E-state index < -0.39 is 0 Å². The molecule has 1 saturated carbocycles. The fourth-order valence-electron chi connectivity index (χ4n) is 3.11. The number of likely N-dealkylation sites (tertiary alicyclic amines) is 1. The Morgan fingerprint density at radius 1 is 1.31 bits per heavy atom. The standard InChI is InChI=1S/C13H25NO2/c1-9(2)12-4-5-14(8-13(12)15)10-6-11(7-10)16-3/h9-13,15H,4-8H2,1-3H3/t10?,11?,12-,13+/m0/s1. The van der Waals surface area contributed by atoms with Gasteiger partial charge >= 0.3 is 0 Å². The number of nitrogens with zero attached hydrogens (tertiary/aromatic N) is 1. The molecule has 2 aliphatic rings. The predicted molar refractivity (Wildman–Crippen MR) is 64.3 cm³/mol. The van der Waals surface area contributed by atoms with Gasteiger partial charge in [0.25, 0.3) is 0 Å². The number of methoxy groups -OCH3 is 1. The van der Waals surface area contributed by atoms with Crippen molar-refractivity contribution in [3.63, 3.8) is 0 Å². The molecule has 16 heavy (non-hydrogen) atoms. The highest BCUT2D eigenvalue weighted by Gasteiger charge is 2.38. The summed E-state index contributed by atoms with van der Waals surface area (Å²) in [5, 5.41) is 10.1. The normalized spacial score (nSPS) is 41.1. The summed E-state index contributed by atoms with van der Waals surface area (Å²) in [6.45, 7) is 6.45. The second-order valence-electron chi connectivity index (χ2n) is 5.74. The second kappa shape index (κ2) is 5.03. The van der Waals surface area contributed by atoms with Gasteiger partial charge in [-0.05, 0) is 37.6 Å². The Morgan fingerprint density at radius 3 is 2.50 bits per heavy atom. The van der Waals surface area contributed by atoms with Crippen molar-refractivity contribution in [1.29, 1.82) is 0 Å². The van der Waals surface area contributed by atoms with Gasteiger partial charge in [-0.1, -0.05) is 13.8 Å². The first-order valence-electron chi connectivity index (χ1n) is 6.56. The minimum Gasteiger partial charge on any atom is -0.391 e. The SMILES string of the molecule is COC1CC(N2CC[C@@H](C(C)C)[C@H](O)C2)C1. The Kier molecular flexibility index (Phi) is 3.88. The van der Waals surface area contributed by atoms with Crippen molar-refractivity contribution in [3.8, 4) is 0 Å². The van der Waals surface area contributed by atoms with Crippen LogP contribution < -0.4 is 0 Å². The van der Waals surface area contributed by atoms with Gasteiger partial charge < -0.3 is 9.84 Å². The van der Waals surface area contributed by atoms with Gasteiger partial charge in [0, 0.05) is 19.7 Å². The number of ether oxygens (including phenoxy) is 1. The molecule has 2 rings (SSSR count). The molecular weight excluding hydrogens is 202 g/mol. The largest absolute Gasteiger partial charge is 0.391 e. The summed E-state index contributed by atoms with van der Waals surface area (Å²) in [6.07, 6.45) is 3.78. The summed E-state index contributed by atoms with van der Waals surface area (Å²) < 4.78 is 5.30. The molecule has 0 radical (unpaired) electrons. The monoisotopic (exact) mass is 227 g/mol. The van der Waals surface area contributed by atoms with E-state index in [1.165, 1.54) is 0 Å². The van der Waals surface area contributed by atoms with Crippen LogP contribution in [0.4, 0.5) is 0 Å². The Hall–Kier alpha value is -0.120. The number of aliphatic hydroxyl groups is 1. The van der Waals surface area contributed by atoms with Crippen LogP contribution in [0.5, 0.6) is 0 Å². The number of rotatable bonds is 3. The highest BCUT2D eigenvalue weighted by atomic mass is 16.5. The van der Waals surface area contributed by atoms with Gasteiger partial charge in [-0.15, -0.1) is 0 Å². The third kappa shape index (κ3) is 2.41. The molecule has 3 heteroatoms. The summed E-state index contributed by atoms with van der Waals surface area (Å²) in [6, 6.07) is 0.660. The van der Waals surface area contributed by atoms with E-state index in [-0.39, 0.29) is 6.10 Å². The number of hydrogen-bond donors (Lipinski definition) is 1. The lowest BCUT2D eigenvalue weighted by Crippen LogP contribution is -2.55. The quantitative estimate of drug-likeness (QED) is 0.793. The van der Waals surface area contributed by atoms with Crippen molar-refractivity contribution >= 4 is 0 Å². The minimum atomic E-state index is -0.129. The first-order chi connectivity index (χ1) is 7.61. The van der Waals surface area contributed by atoms with Crippen molar-refractivity contribution < 1.29 is 9.84 Å².